The Kier molecular flexibility index (Phi) is 2.25. The monoisotopic (exact) mass is 200 g/mol. The van der Waals surface area contributed by atoms with Crippen LogP contribution in [0.15, 0.2) is 0 Å². The molecule has 80 valence electrons. The van der Waals surface area contributed by atoms with E-state index in [1.165, 1.54) is 0 Å². The van der Waals surface area contributed by atoms with Gasteiger partial charge in [0.15, 0.2) is 6.10 Å². The van der Waals surface area contributed by atoms with Crippen LogP contribution in [-0.2, 0) is 4.79 Å². The summed E-state index contributed by atoms with van der Waals surface area (Å²) in [5.41, 5.74) is 0.291. The van der Waals surface area contributed by atoms with E-state index in [9.17, 15) is 4.79 Å². The molecule has 0 saturated carbocycles. The Hall–Kier alpha value is -0.650. The molecule has 0 aromatic heterocycles. The molecule has 0 radical (unpaired) electrons. The molecule has 5 nitrogen and oxygen atoms in total. The van der Waals surface area contributed by atoms with Gasteiger partial charge in [-0.2, -0.15) is 0 Å². The molecule has 2 rings (SSSR count). The van der Waals surface area contributed by atoms with Crippen molar-refractivity contribution in [3.8, 4) is 0 Å². The maximum Gasteiger partial charge on any atom is 0.253 e. The molecule has 0 aromatic rings. The van der Waals surface area contributed by atoms with Crippen LogP contribution in [0.5, 0.6) is 0 Å². The minimum Gasteiger partial charge on any atom is -0.393 e. The van der Waals surface area contributed by atoms with E-state index in [1.807, 2.05) is 0 Å². The highest BCUT2D eigenvalue weighted by Gasteiger charge is 2.52. The first-order valence-corrected chi connectivity index (χ1v) is 4.83. The SMILES string of the molecule is CN1CC2(C1)CN(C(=O)C(O)CO)C2. The molecule has 14 heavy (non-hydrogen) atoms. The lowest BCUT2D eigenvalue weighted by Gasteiger charge is -2.59. The van der Waals surface area contributed by atoms with Crippen molar-refractivity contribution < 1.29 is 15.0 Å². The van der Waals surface area contributed by atoms with Crippen LogP contribution < -0.4 is 0 Å². The van der Waals surface area contributed by atoms with Crippen molar-refractivity contribution in [3.05, 3.63) is 0 Å². The fraction of sp³-hybridized carbons (Fsp3) is 0.889. The molecule has 2 heterocycles. The highest BCUT2D eigenvalue weighted by atomic mass is 16.3. The molecular formula is C9H16N2O3. The zero-order chi connectivity index (χ0) is 10.3. The Labute approximate surface area is 82.9 Å². The van der Waals surface area contributed by atoms with Gasteiger partial charge < -0.3 is 20.0 Å². The lowest BCUT2D eigenvalue weighted by Crippen LogP contribution is -2.72. The van der Waals surface area contributed by atoms with Gasteiger partial charge >= 0.3 is 0 Å². The van der Waals surface area contributed by atoms with Crippen molar-refractivity contribution >= 4 is 5.91 Å². The predicted octanol–water partition coefficient (Wildman–Crippen LogP) is -1.89. The Balaban J connectivity index is 1.80. The third-order valence-corrected chi connectivity index (χ3v) is 3.03. The first-order chi connectivity index (χ1) is 6.56. The van der Waals surface area contributed by atoms with Crippen molar-refractivity contribution in [2.45, 2.75) is 6.10 Å². The number of carbonyl (C=O) groups is 1. The average molecular weight is 200 g/mol. The zero-order valence-corrected chi connectivity index (χ0v) is 8.31. The summed E-state index contributed by atoms with van der Waals surface area (Å²) in [5, 5.41) is 17.7. The molecule has 2 N–H and O–H groups in total. The van der Waals surface area contributed by atoms with Crippen LogP contribution in [-0.4, -0.2) is 71.9 Å². The fourth-order valence-electron chi connectivity index (χ4n) is 2.51. The molecule has 0 aromatic carbocycles. The molecule has 1 spiro atoms. The van der Waals surface area contributed by atoms with E-state index < -0.39 is 12.7 Å². The lowest BCUT2D eigenvalue weighted by molar-refractivity contribution is -0.166. The maximum atomic E-state index is 11.4. The summed E-state index contributed by atoms with van der Waals surface area (Å²) >= 11 is 0. The van der Waals surface area contributed by atoms with Crippen LogP contribution >= 0.6 is 0 Å². The summed E-state index contributed by atoms with van der Waals surface area (Å²) < 4.78 is 0. The quantitative estimate of drug-likeness (QED) is 0.547. The number of nitrogens with zero attached hydrogens (tertiary/aromatic N) is 2. The molecule has 2 aliphatic rings. The molecule has 2 aliphatic heterocycles. The summed E-state index contributed by atoms with van der Waals surface area (Å²) in [6, 6.07) is 0. The molecule has 0 bridgehead atoms. The van der Waals surface area contributed by atoms with Crippen LogP contribution in [0.2, 0.25) is 0 Å². The Morgan fingerprint density at radius 3 is 2.43 bits per heavy atom. The summed E-state index contributed by atoms with van der Waals surface area (Å²) in [5.74, 6) is -0.340. The topological polar surface area (TPSA) is 64.0 Å². The van der Waals surface area contributed by atoms with Crippen LogP contribution in [0.4, 0.5) is 0 Å². The normalized spacial score (nSPS) is 26.9. The second-order valence-corrected chi connectivity index (χ2v) is 4.56. The highest BCUT2D eigenvalue weighted by Crippen LogP contribution is 2.38. The molecule has 5 heteroatoms. The van der Waals surface area contributed by atoms with E-state index in [0.717, 1.165) is 26.2 Å². The van der Waals surface area contributed by atoms with E-state index >= 15 is 0 Å². The van der Waals surface area contributed by atoms with Gasteiger partial charge in [-0.05, 0) is 7.05 Å². The number of aliphatic hydroxyl groups excluding tert-OH is 2. The van der Waals surface area contributed by atoms with Gasteiger partial charge in [0.25, 0.3) is 5.91 Å². The number of hydrogen-bond donors (Lipinski definition) is 2. The molecule has 1 amide bonds. The number of aliphatic hydroxyl groups is 2. The van der Waals surface area contributed by atoms with E-state index in [-0.39, 0.29) is 5.91 Å². The Bertz CT molecular complexity index is 242. The van der Waals surface area contributed by atoms with Gasteiger partial charge in [0.2, 0.25) is 0 Å². The smallest absolute Gasteiger partial charge is 0.253 e. The first kappa shape index (κ1) is 9.89. The van der Waals surface area contributed by atoms with Gasteiger partial charge in [-0.1, -0.05) is 0 Å². The van der Waals surface area contributed by atoms with Gasteiger partial charge in [-0.15, -0.1) is 0 Å². The van der Waals surface area contributed by atoms with E-state index in [0.29, 0.717) is 5.41 Å². The standard InChI is InChI=1S/C9H16N2O3/c1-10-3-9(4-10)5-11(6-9)8(14)7(13)2-12/h7,12-13H,2-6H2,1H3. The number of rotatable bonds is 2. The number of hydrogen-bond acceptors (Lipinski definition) is 4. The minimum atomic E-state index is -1.23. The van der Waals surface area contributed by atoms with Crippen LogP contribution in [0, 0.1) is 5.41 Å². The first-order valence-electron chi connectivity index (χ1n) is 4.83. The molecular weight excluding hydrogens is 184 g/mol. The highest BCUT2D eigenvalue weighted by molar-refractivity contribution is 5.81. The number of amides is 1. The van der Waals surface area contributed by atoms with Crippen molar-refractivity contribution in [2.75, 3.05) is 39.8 Å². The lowest BCUT2D eigenvalue weighted by atomic mass is 9.73. The van der Waals surface area contributed by atoms with Gasteiger partial charge in [0.05, 0.1) is 6.61 Å². The molecule has 1 atom stereocenters. The van der Waals surface area contributed by atoms with Gasteiger partial charge in [0, 0.05) is 31.6 Å². The third-order valence-electron chi connectivity index (χ3n) is 3.03. The van der Waals surface area contributed by atoms with Crippen LogP contribution in [0.3, 0.4) is 0 Å². The Morgan fingerprint density at radius 2 is 2.00 bits per heavy atom. The van der Waals surface area contributed by atoms with E-state index in [2.05, 4.69) is 11.9 Å². The van der Waals surface area contributed by atoms with Gasteiger partial charge in [-0.3, -0.25) is 4.79 Å². The largest absolute Gasteiger partial charge is 0.393 e. The molecule has 2 fully saturated rings. The molecule has 2 saturated heterocycles. The number of carbonyl (C=O) groups excluding carboxylic acids is 1. The van der Waals surface area contributed by atoms with Crippen molar-refractivity contribution in [2.24, 2.45) is 5.41 Å². The third kappa shape index (κ3) is 1.41. The summed E-state index contributed by atoms with van der Waals surface area (Å²) in [6.07, 6.45) is -1.23. The molecule has 1 unspecified atom stereocenters. The fourth-order valence-corrected chi connectivity index (χ4v) is 2.51. The second kappa shape index (κ2) is 3.18. The van der Waals surface area contributed by atoms with Crippen molar-refractivity contribution in [1.29, 1.82) is 0 Å². The minimum absolute atomic E-state index is 0.291. The maximum absolute atomic E-state index is 11.4. The van der Waals surface area contributed by atoms with E-state index in [4.69, 9.17) is 10.2 Å². The molecule has 0 aliphatic carbocycles. The zero-order valence-electron chi connectivity index (χ0n) is 8.31. The number of likely N-dealkylation sites (tertiary alicyclic amines) is 2. The van der Waals surface area contributed by atoms with Crippen LogP contribution in [0.1, 0.15) is 0 Å². The average Bonchev–Trinajstić information content (AvgIpc) is 2.06. The van der Waals surface area contributed by atoms with Crippen molar-refractivity contribution in [3.63, 3.8) is 0 Å². The summed E-state index contributed by atoms with van der Waals surface area (Å²) in [6.45, 7) is 3.04. The van der Waals surface area contributed by atoms with Crippen molar-refractivity contribution in [1.82, 2.24) is 9.80 Å². The summed E-state index contributed by atoms with van der Waals surface area (Å²) in [7, 11) is 2.05. The van der Waals surface area contributed by atoms with E-state index in [1.54, 1.807) is 4.90 Å². The second-order valence-electron chi connectivity index (χ2n) is 4.56. The Morgan fingerprint density at radius 1 is 1.43 bits per heavy atom. The van der Waals surface area contributed by atoms with Crippen LogP contribution in [0.25, 0.3) is 0 Å². The predicted molar refractivity (Wildman–Crippen MR) is 49.6 cm³/mol. The summed E-state index contributed by atoms with van der Waals surface area (Å²) in [4.78, 5) is 15.2. The van der Waals surface area contributed by atoms with Gasteiger partial charge in [-0.25, -0.2) is 0 Å². The van der Waals surface area contributed by atoms with Gasteiger partial charge in [0.1, 0.15) is 0 Å².